The van der Waals surface area contributed by atoms with E-state index in [1.807, 2.05) is 18.2 Å². The first-order valence-electron chi connectivity index (χ1n) is 6.92. The van der Waals surface area contributed by atoms with Crippen LogP contribution in [0.3, 0.4) is 0 Å². The van der Waals surface area contributed by atoms with Crippen LogP contribution in [0.2, 0.25) is 0 Å². The summed E-state index contributed by atoms with van der Waals surface area (Å²) in [5.74, 6) is 1.98. The molecule has 2 nitrogen and oxygen atoms in total. The van der Waals surface area contributed by atoms with Crippen molar-refractivity contribution in [2.24, 2.45) is 5.92 Å². The molecule has 110 valence electrons. The molecule has 2 aromatic carbocycles. The van der Waals surface area contributed by atoms with E-state index in [9.17, 15) is 0 Å². The summed E-state index contributed by atoms with van der Waals surface area (Å²) in [6, 6.07) is 14.2. The van der Waals surface area contributed by atoms with Crippen molar-refractivity contribution in [2.75, 3.05) is 13.2 Å². The molecule has 1 aliphatic rings. The number of alkyl halides is 1. The minimum absolute atomic E-state index is 0.184. The van der Waals surface area contributed by atoms with Crippen molar-refractivity contribution in [3.05, 3.63) is 57.2 Å². The highest BCUT2D eigenvalue weighted by molar-refractivity contribution is 14.1. The molecular weight excluding hydrogens is 399 g/mol. The Bertz CT molecular complexity index is 627. The van der Waals surface area contributed by atoms with Gasteiger partial charge in [0.2, 0.25) is 0 Å². The molecule has 0 spiro atoms. The Morgan fingerprint density at radius 3 is 2.33 bits per heavy atom. The van der Waals surface area contributed by atoms with Gasteiger partial charge in [0.1, 0.15) is 0 Å². The first-order valence-corrected chi connectivity index (χ1v) is 8.44. The van der Waals surface area contributed by atoms with E-state index in [-0.39, 0.29) is 5.38 Å². The van der Waals surface area contributed by atoms with Gasteiger partial charge in [-0.1, -0.05) is 25.1 Å². The lowest BCUT2D eigenvalue weighted by Gasteiger charge is -2.14. The average molecular weight is 415 g/mol. The molecule has 2 aromatic rings. The molecule has 0 amide bonds. The van der Waals surface area contributed by atoms with Crippen LogP contribution in [0.25, 0.3) is 0 Å². The number of halogens is 2. The molecule has 0 saturated carbocycles. The summed E-state index contributed by atoms with van der Waals surface area (Å²) in [6.07, 6.45) is 0. The first-order chi connectivity index (χ1) is 10.1. The van der Waals surface area contributed by atoms with Crippen LogP contribution in [-0.2, 0) is 0 Å². The summed E-state index contributed by atoms with van der Waals surface area (Å²) in [5, 5.41) is -0.184. The molecule has 21 heavy (non-hydrogen) atoms. The van der Waals surface area contributed by atoms with E-state index in [1.165, 1.54) is 3.57 Å². The zero-order chi connectivity index (χ0) is 14.8. The maximum absolute atomic E-state index is 6.60. The molecule has 0 aliphatic carbocycles. The molecule has 0 bridgehead atoms. The Kier molecular flexibility index (Phi) is 4.60. The number of benzene rings is 2. The predicted molar refractivity (Wildman–Crippen MR) is 93.5 cm³/mol. The van der Waals surface area contributed by atoms with E-state index in [2.05, 4.69) is 53.8 Å². The highest BCUT2D eigenvalue weighted by Crippen LogP contribution is 2.37. The average Bonchev–Trinajstić information content (AvgIpc) is 2.69. The lowest BCUT2D eigenvalue weighted by molar-refractivity contribution is 0.228. The zero-order valence-electron chi connectivity index (χ0n) is 11.7. The molecule has 3 rings (SSSR count). The SMILES string of the molecule is CC1COc2ccc(C(Cl)c3ccc(I)cc3)cc2OC1. The Balaban J connectivity index is 1.88. The highest BCUT2D eigenvalue weighted by Gasteiger charge is 2.18. The van der Waals surface area contributed by atoms with E-state index >= 15 is 0 Å². The monoisotopic (exact) mass is 414 g/mol. The standard InChI is InChI=1S/C17H16ClIO2/c1-11-9-20-15-7-4-13(8-16(15)21-10-11)17(18)12-2-5-14(19)6-3-12/h2-8,11,17H,9-10H2,1H3. The van der Waals surface area contributed by atoms with Crippen molar-refractivity contribution < 1.29 is 9.47 Å². The number of hydrogen-bond donors (Lipinski definition) is 0. The van der Waals surface area contributed by atoms with Crippen LogP contribution in [0, 0.1) is 9.49 Å². The van der Waals surface area contributed by atoms with E-state index in [1.54, 1.807) is 0 Å². The highest BCUT2D eigenvalue weighted by atomic mass is 127. The summed E-state index contributed by atoms with van der Waals surface area (Å²) in [7, 11) is 0. The van der Waals surface area contributed by atoms with Gasteiger partial charge in [-0.05, 0) is 58.0 Å². The van der Waals surface area contributed by atoms with Crippen molar-refractivity contribution in [1.29, 1.82) is 0 Å². The summed E-state index contributed by atoms with van der Waals surface area (Å²) < 4.78 is 12.8. The minimum atomic E-state index is -0.184. The van der Waals surface area contributed by atoms with Gasteiger partial charge in [0.05, 0.1) is 18.6 Å². The summed E-state index contributed by atoms with van der Waals surface area (Å²) >= 11 is 8.89. The quantitative estimate of drug-likeness (QED) is 0.507. The second-order valence-electron chi connectivity index (χ2n) is 5.35. The van der Waals surface area contributed by atoms with Crippen LogP contribution < -0.4 is 9.47 Å². The fourth-order valence-corrected chi connectivity index (χ4v) is 2.89. The van der Waals surface area contributed by atoms with Crippen molar-refractivity contribution >= 4 is 34.2 Å². The second kappa shape index (κ2) is 6.44. The normalized spacial score (nSPS) is 18.9. The number of ether oxygens (including phenoxy) is 2. The van der Waals surface area contributed by atoms with Gasteiger partial charge >= 0.3 is 0 Å². The smallest absolute Gasteiger partial charge is 0.161 e. The van der Waals surface area contributed by atoms with E-state index in [0.29, 0.717) is 19.1 Å². The van der Waals surface area contributed by atoms with Gasteiger partial charge in [0.25, 0.3) is 0 Å². The third kappa shape index (κ3) is 3.46. The number of rotatable bonds is 2. The first kappa shape index (κ1) is 15.0. The molecule has 4 heteroatoms. The molecule has 1 heterocycles. The van der Waals surface area contributed by atoms with Crippen LogP contribution in [0.4, 0.5) is 0 Å². The molecule has 2 atom stereocenters. The Morgan fingerprint density at radius 2 is 1.62 bits per heavy atom. The molecule has 0 fully saturated rings. The molecule has 0 aromatic heterocycles. The lowest BCUT2D eigenvalue weighted by Crippen LogP contribution is -2.12. The largest absolute Gasteiger partial charge is 0.489 e. The fourth-order valence-electron chi connectivity index (χ4n) is 2.25. The van der Waals surface area contributed by atoms with Gasteiger partial charge in [-0.3, -0.25) is 0 Å². The maximum atomic E-state index is 6.60. The van der Waals surface area contributed by atoms with Gasteiger partial charge in [0.15, 0.2) is 11.5 Å². The van der Waals surface area contributed by atoms with Gasteiger partial charge in [-0.25, -0.2) is 0 Å². The molecule has 2 unspecified atom stereocenters. The summed E-state index contributed by atoms with van der Waals surface area (Å²) in [6.45, 7) is 3.48. The fraction of sp³-hybridized carbons (Fsp3) is 0.294. The van der Waals surface area contributed by atoms with Gasteiger partial charge in [-0.2, -0.15) is 0 Å². The Hall–Kier alpha value is -0.940. The van der Waals surface area contributed by atoms with Crippen LogP contribution in [-0.4, -0.2) is 13.2 Å². The van der Waals surface area contributed by atoms with Crippen molar-refractivity contribution in [1.82, 2.24) is 0 Å². The van der Waals surface area contributed by atoms with E-state index < -0.39 is 0 Å². The second-order valence-corrected chi connectivity index (χ2v) is 7.03. The Labute approximate surface area is 143 Å². The maximum Gasteiger partial charge on any atom is 0.161 e. The molecule has 1 aliphatic heterocycles. The van der Waals surface area contributed by atoms with Crippen molar-refractivity contribution in [2.45, 2.75) is 12.3 Å². The third-order valence-electron chi connectivity index (χ3n) is 3.47. The van der Waals surface area contributed by atoms with Gasteiger partial charge in [0, 0.05) is 9.49 Å². The minimum Gasteiger partial charge on any atom is -0.489 e. The molecular formula is C17H16ClIO2. The van der Waals surface area contributed by atoms with Gasteiger partial charge in [-0.15, -0.1) is 11.6 Å². The topological polar surface area (TPSA) is 18.5 Å². The zero-order valence-corrected chi connectivity index (χ0v) is 14.6. The molecule has 0 N–H and O–H groups in total. The summed E-state index contributed by atoms with van der Waals surface area (Å²) in [4.78, 5) is 0. The van der Waals surface area contributed by atoms with Crippen molar-refractivity contribution in [3.8, 4) is 11.5 Å². The van der Waals surface area contributed by atoms with Crippen LogP contribution in [0.15, 0.2) is 42.5 Å². The predicted octanol–water partition coefficient (Wildman–Crippen LogP) is 5.03. The van der Waals surface area contributed by atoms with E-state index in [0.717, 1.165) is 22.6 Å². The number of fused-ring (bicyclic) bond motifs is 1. The van der Waals surface area contributed by atoms with Crippen molar-refractivity contribution in [3.63, 3.8) is 0 Å². The molecule has 0 saturated heterocycles. The summed E-state index contributed by atoms with van der Waals surface area (Å²) in [5.41, 5.74) is 2.11. The van der Waals surface area contributed by atoms with Crippen LogP contribution >= 0.6 is 34.2 Å². The van der Waals surface area contributed by atoms with E-state index in [4.69, 9.17) is 21.1 Å². The number of hydrogen-bond acceptors (Lipinski definition) is 2. The van der Waals surface area contributed by atoms with Gasteiger partial charge < -0.3 is 9.47 Å². The lowest BCUT2D eigenvalue weighted by atomic mass is 10.0. The van der Waals surface area contributed by atoms with Crippen LogP contribution in [0.5, 0.6) is 11.5 Å². The Morgan fingerprint density at radius 1 is 1.00 bits per heavy atom. The third-order valence-corrected chi connectivity index (χ3v) is 4.69. The van der Waals surface area contributed by atoms with Crippen LogP contribution in [0.1, 0.15) is 23.4 Å². The molecule has 0 radical (unpaired) electrons.